The maximum atomic E-state index is 13.4. The number of nitrogens with one attached hydrogen (secondary N) is 2. The lowest BCUT2D eigenvalue weighted by Gasteiger charge is -2.25. The third kappa shape index (κ3) is 5.37. The number of carbonyl (C=O) groups is 2. The van der Waals surface area contributed by atoms with E-state index in [9.17, 15) is 22.4 Å². The highest BCUT2D eigenvalue weighted by Crippen LogP contribution is 2.26. The summed E-state index contributed by atoms with van der Waals surface area (Å²) in [6.07, 6.45) is 1.26. The Morgan fingerprint density at radius 2 is 1.82 bits per heavy atom. The van der Waals surface area contributed by atoms with Gasteiger partial charge in [0.15, 0.2) is 0 Å². The molecule has 0 unspecified atom stereocenters. The molecule has 9 nitrogen and oxygen atoms in total. The van der Waals surface area contributed by atoms with Crippen molar-refractivity contribution in [2.24, 2.45) is 0 Å². The monoisotopic (exact) mass is 488 g/mol. The molecule has 2 aliphatic rings. The van der Waals surface area contributed by atoms with Gasteiger partial charge in [-0.2, -0.15) is 12.7 Å². The Morgan fingerprint density at radius 3 is 2.50 bits per heavy atom. The molecule has 0 fully saturated rings. The van der Waals surface area contributed by atoms with Crippen molar-refractivity contribution < 1.29 is 27.1 Å². The van der Waals surface area contributed by atoms with Gasteiger partial charge in [-0.3, -0.25) is 0 Å². The summed E-state index contributed by atoms with van der Waals surface area (Å²) in [5, 5.41) is 2.85. The van der Waals surface area contributed by atoms with Crippen molar-refractivity contribution in [3.05, 3.63) is 71.0 Å². The average Bonchev–Trinajstić information content (AvgIpc) is 3.23. The Balaban J connectivity index is 1.33. The zero-order valence-electron chi connectivity index (χ0n) is 18.6. The SMILES string of the molecule is CCOC(=O)NS(=O)(=O)N1CC=C(c2ccc(NC(=O)N3Cc4ccc(F)cc4C3)cc2)CC1. The molecular formula is C23H25FN4O5S. The van der Waals surface area contributed by atoms with Gasteiger partial charge in [-0.05, 0) is 59.9 Å². The molecule has 2 aromatic rings. The molecule has 2 heterocycles. The van der Waals surface area contributed by atoms with Gasteiger partial charge in [0.1, 0.15) is 5.82 Å². The van der Waals surface area contributed by atoms with Crippen molar-refractivity contribution >= 4 is 33.6 Å². The number of halogens is 1. The number of hydrogen-bond donors (Lipinski definition) is 2. The summed E-state index contributed by atoms with van der Waals surface area (Å²) in [5.41, 5.74) is 4.25. The second-order valence-electron chi connectivity index (χ2n) is 7.94. The van der Waals surface area contributed by atoms with Crippen LogP contribution in [0.3, 0.4) is 0 Å². The van der Waals surface area contributed by atoms with Crippen LogP contribution in [0.15, 0.2) is 48.5 Å². The van der Waals surface area contributed by atoms with Gasteiger partial charge in [-0.1, -0.05) is 24.3 Å². The third-order valence-corrected chi connectivity index (χ3v) is 7.12. The molecule has 180 valence electrons. The molecule has 4 rings (SSSR count). The standard InChI is InChI=1S/C23H25FN4O5S/c1-2-33-23(30)26-34(31,32)28-11-9-17(10-12-28)16-4-7-21(8-5-16)25-22(29)27-14-18-3-6-20(24)13-19(18)15-27/h3-9,13H,2,10-12,14-15H2,1H3,(H,25,29)(H,26,30). The first kappa shape index (κ1) is 23.7. The Hall–Kier alpha value is -3.44. The van der Waals surface area contributed by atoms with Crippen LogP contribution >= 0.6 is 0 Å². The van der Waals surface area contributed by atoms with Crippen LogP contribution in [0.2, 0.25) is 0 Å². The highest BCUT2D eigenvalue weighted by Gasteiger charge is 2.27. The van der Waals surface area contributed by atoms with E-state index < -0.39 is 16.3 Å². The summed E-state index contributed by atoms with van der Waals surface area (Å²) in [4.78, 5) is 25.7. The van der Waals surface area contributed by atoms with Gasteiger partial charge in [0.2, 0.25) is 0 Å². The van der Waals surface area contributed by atoms with Crippen molar-refractivity contribution in [1.82, 2.24) is 13.9 Å². The lowest BCUT2D eigenvalue weighted by atomic mass is 10.0. The van der Waals surface area contributed by atoms with Crippen molar-refractivity contribution in [3.63, 3.8) is 0 Å². The van der Waals surface area contributed by atoms with E-state index in [0.29, 0.717) is 25.2 Å². The molecule has 34 heavy (non-hydrogen) atoms. The Bertz CT molecular complexity index is 1230. The predicted molar refractivity (Wildman–Crippen MR) is 124 cm³/mol. The Labute approximate surface area is 197 Å². The van der Waals surface area contributed by atoms with Crippen molar-refractivity contribution in [2.75, 3.05) is 25.0 Å². The summed E-state index contributed by atoms with van der Waals surface area (Å²) in [5.74, 6) is -0.315. The van der Waals surface area contributed by atoms with E-state index in [0.717, 1.165) is 22.3 Å². The van der Waals surface area contributed by atoms with Crippen LogP contribution in [0.25, 0.3) is 5.57 Å². The topological polar surface area (TPSA) is 108 Å². The molecule has 0 aromatic heterocycles. The fourth-order valence-electron chi connectivity index (χ4n) is 3.94. The largest absolute Gasteiger partial charge is 0.449 e. The second-order valence-corrected chi connectivity index (χ2v) is 9.61. The maximum Gasteiger partial charge on any atom is 0.421 e. The predicted octanol–water partition coefficient (Wildman–Crippen LogP) is 3.45. The molecule has 3 amide bonds. The molecule has 0 saturated carbocycles. The van der Waals surface area contributed by atoms with E-state index in [-0.39, 0.29) is 31.5 Å². The van der Waals surface area contributed by atoms with Gasteiger partial charge in [-0.25, -0.2) is 18.7 Å². The van der Waals surface area contributed by atoms with E-state index in [4.69, 9.17) is 0 Å². The first-order valence-corrected chi connectivity index (χ1v) is 12.3. The molecular weight excluding hydrogens is 463 g/mol. The van der Waals surface area contributed by atoms with Gasteiger partial charge in [0.05, 0.1) is 6.61 Å². The van der Waals surface area contributed by atoms with Crippen LogP contribution in [0, 0.1) is 5.82 Å². The number of benzene rings is 2. The molecule has 0 radical (unpaired) electrons. The molecule has 0 saturated heterocycles. The fraction of sp³-hybridized carbons (Fsp3) is 0.304. The van der Waals surface area contributed by atoms with E-state index in [1.165, 1.54) is 16.4 Å². The highest BCUT2D eigenvalue weighted by molar-refractivity contribution is 7.87. The first-order valence-electron chi connectivity index (χ1n) is 10.8. The van der Waals surface area contributed by atoms with E-state index >= 15 is 0 Å². The molecule has 11 heteroatoms. The zero-order chi connectivity index (χ0) is 24.3. The lowest BCUT2D eigenvalue weighted by Crippen LogP contribution is -2.45. The van der Waals surface area contributed by atoms with Gasteiger partial charge in [0, 0.05) is 31.9 Å². The van der Waals surface area contributed by atoms with Crippen LogP contribution in [-0.4, -0.2) is 49.4 Å². The molecule has 0 bridgehead atoms. The van der Waals surface area contributed by atoms with Crippen molar-refractivity contribution in [1.29, 1.82) is 0 Å². The zero-order valence-corrected chi connectivity index (χ0v) is 19.4. The minimum Gasteiger partial charge on any atom is -0.449 e. The second kappa shape index (κ2) is 9.82. The minimum atomic E-state index is -3.97. The van der Waals surface area contributed by atoms with E-state index in [1.54, 1.807) is 36.1 Å². The number of hydrogen-bond acceptors (Lipinski definition) is 5. The van der Waals surface area contributed by atoms with Crippen LogP contribution in [-0.2, 0) is 28.0 Å². The Kier molecular flexibility index (Phi) is 6.85. The van der Waals surface area contributed by atoms with Gasteiger partial charge in [-0.15, -0.1) is 0 Å². The smallest absolute Gasteiger partial charge is 0.421 e. The molecule has 0 spiro atoms. The third-order valence-electron chi connectivity index (χ3n) is 5.68. The van der Waals surface area contributed by atoms with Crippen LogP contribution in [0.5, 0.6) is 0 Å². The summed E-state index contributed by atoms with van der Waals surface area (Å²) >= 11 is 0. The summed E-state index contributed by atoms with van der Waals surface area (Å²) in [7, 11) is -3.97. The van der Waals surface area contributed by atoms with Crippen molar-refractivity contribution in [2.45, 2.75) is 26.4 Å². The number of ether oxygens (including phenoxy) is 1. The number of amides is 3. The minimum absolute atomic E-state index is 0.0769. The number of nitrogens with zero attached hydrogens (tertiary/aromatic N) is 2. The molecule has 0 atom stereocenters. The first-order chi connectivity index (χ1) is 16.2. The fourth-order valence-corrected chi connectivity index (χ4v) is 4.94. The van der Waals surface area contributed by atoms with Crippen LogP contribution in [0.1, 0.15) is 30.0 Å². The summed E-state index contributed by atoms with van der Waals surface area (Å²) < 4.78 is 45.7. The quantitative estimate of drug-likeness (QED) is 0.670. The molecule has 0 aliphatic carbocycles. The number of rotatable bonds is 5. The number of urea groups is 1. The van der Waals surface area contributed by atoms with Crippen LogP contribution in [0.4, 0.5) is 19.7 Å². The highest BCUT2D eigenvalue weighted by atomic mass is 32.2. The average molecular weight is 489 g/mol. The molecule has 2 aromatic carbocycles. The molecule has 2 N–H and O–H groups in total. The van der Waals surface area contributed by atoms with E-state index in [1.807, 2.05) is 16.9 Å². The number of carbonyl (C=O) groups excluding carboxylic acids is 2. The van der Waals surface area contributed by atoms with Crippen LogP contribution < -0.4 is 10.0 Å². The lowest BCUT2D eigenvalue weighted by molar-refractivity contribution is 0.158. The number of fused-ring (bicyclic) bond motifs is 1. The van der Waals surface area contributed by atoms with Gasteiger partial charge < -0.3 is 15.0 Å². The van der Waals surface area contributed by atoms with Gasteiger partial charge >= 0.3 is 22.3 Å². The maximum absolute atomic E-state index is 13.4. The summed E-state index contributed by atoms with van der Waals surface area (Å²) in [6.45, 7) is 2.79. The van der Waals surface area contributed by atoms with E-state index in [2.05, 4.69) is 10.1 Å². The Morgan fingerprint density at radius 1 is 1.09 bits per heavy atom. The normalized spacial score (nSPS) is 15.9. The van der Waals surface area contributed by atoms with Crippen molar-refractivity contribution in [3.8, 4) is 0 Å². The summed E-state index contributed by atoms with van der Waals surface area (Å²) in [6, 6.07) is 11.6. The number of anilines is 1. The van der Waals surface area contributed by atoms with Gasteiger partial charge in [0.25, 0.3) is 0 Å². The molecule has 2 aliphatic heterocycles.